The van der Waals surface area contributed by atoms with Gasteiger partial charge < -0.3 is 15.0 Å². The van der Waals surface area contributed by atoms with E-state index in [9.17, 15) is 9.59 Å². The highest BCUT2D eigenvalue weighted by Crippen LogP contribution is 2.17. The van der Waals surface area contributed by atoms with Crippen LogP contribution in [0.5, 0.6) is 5.75 Å². The predicted molar refractivity (Wildman–Crippen MR) is 80.4 cm³/mol. The minimum atomic E-state index is -0.156. The molecule has 0 saturated carbocycles. The Morgan fingerprint density at radius 1 is 1.38 bits per heavy atom. The van der Waals surface area contributed by atoms with Crippen molar-refractivity contribution >= 4 is 23.4 Å². The van der Waals surface area contributed by atoms with Crippen LogP contribution in [-0.2, 0) is 9.59 Å². The van der Waals surface area contributed by atoms with Gasteiger partial charge in [0.25, 0.3) is 5.91 Å². The van der Waals surface area contributed by atoms with Gasteiger partial charge in [0, 0.05) is 31.1 Å². The van der Waals surface area contributed by atoms with Gasteiger partial charge in [-0.25, -0.2) is 0 Å². The zero-order valence-electron chi connectivity index (χ0n) is 12.0. The van der Waals surface area contributed by atoms with Crippen molar-refractivity contribution in [3.8, 4) is 5.75 Å². The van der Waals surface area contributed by atoms with Crippen LogP contribution in [0.25, 0.3) is 0 Å². The second-order valence-corrected chi connectivity index (χ2v) is 5.53. The minimum absolute atomic E-state index is 0.0345. The number of rotatable bonds is 4. The summed E-state index contributed by atoms with van der Waals surface area (Å²) in [6.45, 7) is 2.91. The standard InChI is InChI=1S/C15H19ClN2O3/c1-11(19)18-7-5-13(6-8-18)17-15(20)10-21-14-4-2-3-12(16)9-14/h2-4,9,13H,5-8,10H2,1H3,(H,17,20). The summed E-state index contributed by atoms with van der Waals surface area (Å²) >= 11 is 5.84. The van der Waals surface area contributed by atoms with Gasteiger partial charge in [0.05, 0.1) is 0 Å². The Labute approximate surface area is 129 Å². The summed E-state index contributed by atoms with van der Waals surface area (Å²) in [7, 11) is 0. The van der Waals surface area contributed by atoms with Crippen LogP contribution in [0.4, 0.5) is 0 Å². The Bertz CT molecular complexity index is 513. The fourth-order valence-electron chi connectivity index (χ4n) is 2.31. The number of benzene rings is 1. The molecule has 0 atom stereocenters. The van der Waals surface area contributed by atoms with Crippen molar-refractivity contribution in [1.29, 1.82) is 0 Å². The highest BCUT2D eigenvalue weighted by molar-refractivity contribution is 6.30. The molecule has 0 bridgehead atoms. The molecule has 1 heterocycles. The van der Waals surface area contributed by atoms with Crippen molar-refractivity contribution in [1.82, 2.24) is 10.2 Å². The first-order valence-electron chi connectivity index (χ1n) is 6.98. The maximum Gasteiger partial charge on any atom is 0.258 e. The van der Waals surface area contributed by atoms with Crippen molar-refractivity contribution in [2.45, 2.75) is 25.8 Å². The SMILES string of the molecule is CC(=O)N1CCC(NC(=O)COc2cccc(Cl)c2)CC1. The molecule has 1 saturated heterocycles. The molecule has 0 aromatic heterocycles. The average Bonchev–Trinajstić information content (AvgIpc) is 2.46. The molecule has 1 aromatic rings. The lowest BCUT2D eigenvalue weighted by atomic mass is 10.1. The molecule has 2 amide bonds. The Hall–Kier alpha value is -1.75. The van der Waals surface area contributed by atoms with Crippen LogP contribution in [0, 0.1) is 0 Å². The van der Waals surface area contributed by atoms with Crippen molar-refractivity contribution in [3.05, 3.63) is 29.3 Å². The molecule has 0 aliphatic carbocycles. The summed E-state index contributed by atoms with van der Waals surface area (Å²) in [5, 5.41) is 3.50. The first kappa shape index (κ1) is 15.6. The van der Waals surface area contributed by atoms with Gasteiger partial charge in [-0.3, -0.25) is 9.59 Å². The van der Waals surface area contributed by atoms with E-state index in [2.05, 4.69) is 5.32 Å². The van der Waals surface area contributed by atoms with Crippen molar-refractivity contribution in [2.24, 2.45) is 0 Å². The fraction of sp³-hybridized carbons (Fsp3) is 0.467. The Kier molecular flexibility index (Phi) is 5.44. The van der Waals surface area contributed by atoms with Gasteiger partial charge in [0.15, 0.2) is 6.61 Å². The second-order valence-electron chi connectivity index (χ2n) is 5.09. The second kappa shape index (κ2) is 7.31. The first-order chi connectivity index (χ1) is 10.0. The Morgan fingerprint density at radius 3 is 2.71 bits per heavy atom. The van der Waals surface area contributed by atoms with Crippen LogP contribution >= 0.6 is 11.6 Å². The lowest BCUT2D eigenvalue weighted by molar-refractivity contribution is -0.130. The fourth-order valence-corrected chi connectivity index (χ4v) is 2.49. The molecule has 1 aliphatic heterocycles. The molecule has 5 nitrogen and oxygen atoms in total. The zero-order chi connectivity index (χ0) is 15.2. The van der Waals surface area contributed by atoms with E-state index in [1.165, 1.54) is 0 Å². The molecule has 21 heavy (non-hydrogen) atoms. The zero-order valence-corrected chi connectivity index (χ0v) is 12.7. The van der Waals surface area contributed by atoms with Gasteiger partial charge in [-0.15, -0.1) is 0 Å². The lowest BCUT2D eigenvalue weighted by Crippen LogP contribution is -2.47. The number of ether oxygens (including phenoxy) is 1. The predicted octanol–water partition coefficient (Wildman–Crippen LogP) is 1.85. The number of halogens is 1. The smallest absolute Gasteiger partial charge is 0.258 e. The van der Waals surface area contributed by atoms with E-state index < -0.39 is 0 Å². The molecule has 0 unspecified atom stereocenters. The van der Waals surface area contributed by atoms with Gasteiger partial charge in [0.1, 0.15) is 5.75 Å². The van der Waals surface area contributed by atoms with Crippen LogP contribution in [0.15, 0.2) is 24.3 Å². The highest BCUT2D eigenvalue weighted by Gasteiger charge is 2.21. The normalized spacial score (nSPS) is 15.6. The van der Waals surface area contributed by atoms with Gasteiger partial charge in [-0.1, -0.05) is 17.7 Å². The molecule has 1 aliphatic rings. The molecule has 114 valence electrons. The first-order valence-corrected chi connectivity index (χ1v) is 7.35. The number of amides is 2. The van der Waals surface area contributed by atoms with Crippen molar-refractivity contribution in [3.63, 3.8) is 0 Å². The minimum Gasteiger partial charge on any atom is -0.484 e. The maximum absolute atomic E-state index is 11.8. The molecule has 2 rings (SSSR count). The van der Waals surface area contributed by atoms with Crippen molar-refractivity contribution in [2.75, 3.05) is 19.7 Å². The highest BCUT2D eigenvalue weighted by atomic mass is 35.5. The summed E-state index contributed by atoms with van der Waals surface area (Å²) in [5.41, 5.74) is 0. The molecular weight excluding hydrogens is 292 g/mol. The van der Waals surface area contributed by atoms with E-state index in [1.54, 1.807) is 36.1 Å². The van der Waals surface area contributed by atoms with E-state index in [1.807, 2.05) is 0 Å². The van der Waals surface area contributed by atoms with Crippen molar-refractivity contribution < 1.29 is 14.3 Å². The summed E-state index contributed by atoms with van der Waals surface area (Å²) in [6, 6.07) is 7.05. The number of nitrogens with zero attached hydrogens (tertiary/aromatic N) is 1. The number of carbonyl (C=O) groups is 2. The van der Waals surface area contributed by atoms with Gasteiger partial charge in [-0.05, 0) is 31.0 Å². The molecule has 1 N–H and O–H groups in total. The molecule has 0 spiro atoms. The van der Waals surface area contributed by atoms with Gasteiger partial charge in [-0.2, -0.15) is 0 Å². The number of hydrogen-bond donors (Lipinski definition) is 1. The van der Waals surface area contributed by atoms with E-state index in [-0.39, 0.29) is 24.5 Å². The van der Waals surface area contributed by atoms with E-state index in [0.717, 1.165) is 12.8 Å². The quantitative estimate of drug-likeness (QED) is 0.923. The molecule has 0 radical (unpaired) electrons. The van der Waals surface area contributed by atoms with Crippen LogP contribution in [0.2, 0.25) is 5.02 Å². The Balaban J connectivity index is 1.72. The number of carbonyl (C=O) groups excluding carboxylic acids is 2. The third kappa shape index (κ3) is 4.93. The van der Waals surface area contributed by atoms with E-state index in [0.29, 0.717) is 23.9 Å². The topological polar surface area (TPSA) is 58.6 Å². The lowest BCUT2D eigenvalue weighted by Gasteiger charge is -2.31. The van der Waals surface area contributed by atoms with Gasteiger partial charge in [0.2, 0.25) is 5.91 Å². The number of piperidine rings is 1. The average molecular weight is 311 g/mol. The molecular formula is C15H19ClN2O3. The van der Waals surface area contributed by atoms with E-state index in [4.69, 9.17) is 16.3 Å². The third-order valence-corrected chi connectivity index (χ3v) is 3.71. The summed E-state index contributed by atoms with van der Waals surface area (Å²) in [6.07, 6.45) is 1.56. The number of likely N-dealkylation sites (tertiary alicyclic amines) is 1. The third-order valence-electron chi connectivity index (χ3n) is 3.47. The molecule has 1 fully saturated rings. The van der Waals surface area contributed by atoms with Crippen LogP contribution < -0.4 is 10.1 Å². The Morgan fingerprint density at radius 2 is 2.10 bits per heavy atom. The molecule has 1 aromatic carbocycles. The molecule has 6 heteroatoms. The van der Waals surface area contributed by atoms with Crippen LogP contribution in [0.1, 0.15) is 19.8 Å². The maximum atomic E-state index is 11.8. The number of hydrogen-bond acceptors (Lipinski definition) is 3. The van der Waals surface area contributed by atoms with E-state index >= 15 is 0 Å². The van der Waals surface area contributed by atoms with Crippen LogP contribution in [-0.4, -0.2) is 42.5 Å². The number of nitrogens with one attached hydrogen (secondary N) is 1. The summed E-state index contributed by atoms with van der Waals surface area (Å²) in [4.78, 5) is 24.9. The van der Waals surface area contributed by atoms with Crippen LogP contribution in [0.3, 0.4) is 0 Å². The largest absolute Gasteiger partial charge is 0.484 e. The van der Waals surface area contributed by atoms with Gasteiger partial charge >= 0.3 is 0 Å². The summed E-state index contributed by atoms with van der Waals surface area (Å²) < 4.78 is 5.39. The monoisotopic (exact) mass is 310 g/mol. The summed E-state index contributed by atoms with van der Waals surface area (Å²) in [5.74, 6) is 0.504.